The summed E-state index contributed by atoms with van der Waals surface area (Å²) in [4.78, 5) is 23.4. The Bertz CT molecular complexity index is 452. The molecule has 1 N–H and O–H groups in total. The van der Waals surface area contributed by atoms with Crippen LogP contribution in [0.1, 0.15) is 25.0 Å². The highest BCUT2D eigenvalue weighted by Gasteiger charge is 2.36. The summed E-state index contributed by atoms with van der Waals surface area (Å²) < 4.78 is 4.61. The van der Waals surface area contributed by atoms with Crippen LogP contribution in [0.5, 0.6) is 0 Å². The molecule has 1 amide bonds. The van der Waals surface area contributed by atoms with Crippen LogP contribution < -0.4 is 5.32 Å². The van der Waals surface area contributed by atoms with Gasteiger partial charge in [-0.3, -0.25) is 9.59 Å². The van der Waals surface area contributed by atoms with Crippen LogP contribution in [0, 0.1) is 12.3 Å². The third kappa shape index (κ3) is 3.32. The molecule has 0 aromatic heterocycles. The van der Waals surface area contributed by atoms with E-state index in [1.165, 1.54) is 7.11 Å². The quantitative estimate of drug-likeness (QED) is 0.654. The number of methoxy groups -OCH3 is 1. The molecule has 0 unspecified atom stereocenters. The van der Waals surface area contributed by atoms with Crippen molar-refractivity contribution in [3.05, 3.63) is 35.4 Å². The Morgan fingerprint density at radius 3 is 2.56 bits per heavy atom. The second-order valence-corrected chi connectivity index (χ2v) is 4.79. The summed E-state index contributed by atoms with van der Waals surface area (Å²) in [5, 5.41) is 2.74. The predicted octanol–water partition coefficient (Wildman–Crippen LogP) is 1.81. The van der Waals surface area contributed by atoms with Crippen molar-refractivity contribution in [3.8, 4) is 0 Å². The number of hydrogen-bond donors (Lipinski definition) is 1. The topological polar surface area (TPSA) is 55.4 Å². The number of rotatable bonds is 4. The number of esters is 1. The monoisotopic (exact) mass is 249 g/mol. The molecule has 1 aromatic rings. The average Bonchev–Trinajstić information content (AvgIpc) is 2.34. The number of nitrogens with one attached hydrogen (secondary N) is 1. The number of ether oxygens (including phenoxy) is 1. The first-order chi connectivity index (χ1) is 8.37. The fourth-order valence-corrected chi connectivity index (χ4v) is 1.57. The van der Waals surface area contributed by atoms with E-state index in [0.717, 1.165) is 11.1 Å². The standard InChI is InChI=1S/C14H19NO3/c1-10-6-5-7-11(8-10)9-15-12(16)14(2,3)13(17)18-4/h5-8H,9H2,1-4H3,(H,15,16). The molecule has 0 spiro atoms. The van der Waals surface area contributed by atoms with Crippen LogP contribution in [0.2, 0.25) is 0 Å². The van der Waals surface area contributed by atoms with Crippen molar-refractivity contribution in [1.82, 2.24) is 5.32 Å². The molecule has 4 heteroatoms. The highest BCUT2D eigenvalue weighted by Crippen LogP contribution is 2.17. The zero-order valence-corrected chi connectivity index (χ0v) is 11.2. The molecule has 1 aromatic carbocycles. The van der Waals surface area contributed by atoms with Crippen molar-refractivity contribution in [3.63, 3.8) is 0 Å². The van der Waals surface area contributed by atoms with Gasteiger partial charge in [0.05, 0.1) is 7.11 Å². The molecule has 0 saturated heterocycles. The van der Waals surface area contributed by atoms with E-state index in [4.69, 9.17) is 0 Å². The second-order valence-electron chi connectivity index (χ2n) is 4.79. The SMILES string of the molecule is COC(=O)C(C)(C)C(=O)NCc1cccc(C)c1. The van der Waals surface area contributed by atoms with Gasteiger partial charge in [0.1, 0.15) is 5.41 Å². The summed E-state index contributed by atoms with van der Waals surface area (Å²) in [6.45, 7) is 5.49. The number of carbonyl (C=O) groups is 2. The predicted molar refractivity (Wildman–Crippen MR) is 68.8 cm³/mol. The third-order valence-corrected chi connectivity index (χ3v) is 2.80. The Morgan fingerprint density at radius 2 is 2.00 bits per heavy atom. The number of carbonyl (C=O) groups excluding carboxylic acids is 2. The number of benzene rings is 1. The maximum absolute atomic E-state index is 11.9. The van der Waals surface area contributed by atoms with E-state index < -0.39 is 11.4 Å². The summed E-state index contributed by atoms with van der Waals surface area (Å²) in [6.07, 6.45) is 0. The highest BCUT2D eigenvalue weighted by molar-refractivity contribution is 6.01. The lowest BCUT2D eigenvalue weighted by Gasteiger charge is -2.20. The van der Waals surface area contributed by atoms with E-state index in [1.807, 2.05) is 31.2 Å². The Hall–Kier alpha value is -1.84. The molecule has 0 aliphatic heterocycles. The number of amides is 1. The molecule has 0 bridgehead atoms. The number of hydrogen-bond acceptors (Lipinski definition) is 3. The van der Waals surface area contributed by atoms with Gasteiger partial charge in [0.25, 0.3) is 0 Å². The first-order valence-corrected chi connectivity index (χ1v) is 5.80. The maximum atomic E-state index is 11.9. The molecule has 0 radical (unpaired) electrons. The maximum Gasteiger partial charge on any atom is 0.320 e. The van der Waals surface area contributed by atoms with E-state index in [0.29, 0.717) is 6.54 Å². The fourth-order valence-electron chi connectivity index (χ4n) is 1.57. The van der Waals surface area contributed by atoms with Crippen LogP contribution >= 0.6 is 0 Å². The Morgan fingerprint density at radius 1 is 1.33 bits per heavy atom. The summed E-state index contributed by atoms with van der Waals surface area (Å²) in [7, 11) is 1.28. The van der Waals surface area contributed by atoms with E-state index in [1.54, 1.807) is 13.8 Å². The Labute approximate surface area is 107 Å². The Kier molecular flexibility index (Phi) is 4.48. The smallest absolute Gasteiger partial charge is 0.320 e. The minimum absolute atomic E-state index is 0.337. The highest BCUT2D eigenvalue weighted by atomic mass is 16.5. The van der Waals surface area contributed by atoms with Gasteiger partial charge in [0, 0.05) is 6.54 Å². The van der Waals surface area contributed by atoms with Crippen molar-refractivity contribution < 1.29 is 14.3 Å². The zero-order valence-electron chi connectivity index (χ0n) is 11.2. The largest absolute Gasteiger partial charge is 0.468 e. The fraction of sp³-hybridized carbons (Fsp3) is 0.429. The van der Waals surface area contributed by atoms with Crippen molar-refractivity contribution in [2.45, 2.75) is 27.3 Å². The Balaban J connectivity index is 2.64. The van der Waals surface area contributed by atoms with Crippen LogP contribution in [0.4, 0.5) is 0 Å². The van der Waals surface area contributed by atoms with Crippen LogP contribution in [-0.4, -0.2) is 19.0 Å². The molecule has 0 aliphatic carbocycles. The van der Waals surface area contributed by atoms with Gasteiger partial charge in [-0.2, -0.15) is 0 Å². The van der Waals surface area contributed by atoms with Crippen LogP contribution in [0.15, 0.2) is 24.3 Å². The first kappa shape index (κ1) is 14.2. The van der Waals surface area contributed by atoms with Crippen LogP contribution in [-0.2, 0) is 20.9 Å². The molecule has 18 heavy (non-hydrogen) atoms. The molecule has 0 atom stereocenters. The van der Waals surface area contributed by atoms with Gasteiger partial charge >= 0.3 is 5.97 Å². The van der Waals surface area contributed by atoms with E-state index in [2.05, 4.69) is 10.1 Å². The molecule has 1 rings (SSSR count). The average molecular weight is 249 g/mol. The first-order valence-electron chi connectivity index (χ1n) is 5.80. The molecule has 4 nitrogen and oxygen atoms in total. The molecular formula is C14H19NO3. The van der Waals surface area contributed by atoms with E-state index in [-0.39, 0.29) is 5.91 Å². The summed E-state index contributed by atoms with van der Waals surface area (Å²) in [5.74, 6) is -0.875. The minimum atomic E-state index is -1.17. The lowest BCUT2D eigenvalue weighted by Crippen LogP contribution is -2.42. The molecule has 0 heterocycles. The van der Waals surface area contributed by atoms with Gasteiger partial charge in [-0.25, -0.2) is 0 Å². The van der Waals surface area contributed by atoms with Crippen molar-refractivity contribution in [2.24, 2.45) is 5.41 Å². The van der Waals surface area contributed by atoms with Crippen molar-refractivity contribution in [1.29, 1.82) is 0 Å². The molecule has 0 fully saturated rings. The molecular weight excluding hydrogens is 230 g/mol. The van der Waals surface area contributed by atoms with Crippen molar-refractivity contribution in [2.75, 3.05) is 7.11 Å². The molecule has 0 aliphatic rings. The van der Waals surface area contributed by atoms with Gasteiger partial charge in [-0.05, 0) is 26.3 Å². The van der Waals surface area contributed by atoms with Crippen LogP contribution in [0.25, 0.3) is 0 Å². The summed E-state index contributed by atoms with van der Waals surface area (Å²) >= 11 is 0. The van der Waals surface area contributed by atoms with Gasteiger partial charge < -0.3 is 10.1 Å². The van der Waals surface area contributed by atoms with E-state index in [9.17, 15) is 9.59 Å². The number of aryl methyl sites for hydroxylation is 1. The minimum Gasteiger partial charge on any atom is -0.468 e. The zero-order chi connectivity index (χ0) is 13.8. The summed E-state index contributed by atoms with van der Waals surface area (Å²) in [6, 6.07) is 7.84. The molecule has 98 valence electrons. The van der Waals surface area contributed by atoms with Gasteiger partial charge in [0.15, 0.2) is 0 Å². The lowest BCUT2D eigenvalue weighted by atomic mass is 9.92. The normalized spacial score (nSPS) is 10.9. The second kappa shape index (κ2) is 5.67. The molecule has 0 saturated carbocycles. The van der Waals surface area contributed by atoms with Gasteiger partial charge in [0.2, 0.25) is 5.91 Å². The van der Waals surface area contributed by atoms with Gasteiger partial charge in [-0.1, -0.05) is 29.8 Å². The van der Waals surface area contributed by atoms with Crippen molar-refractivity contribution >= 4 is 11.9 Å². The van der Waals surface area contributed by atoms with Gasteiger partial charge in [-0.15, -0.1) is 0 Å². The third-order valence-electron chi connectivity index (χ3n) is 2.80. The van der Waals surface area contributed by atoms with Crippen LogP contribution in [0.3, 0.4) is 0 Å². The van der Waals surface area contributed by atoms with E-state index >= 15 is 0 Å². The lowest BCUT2D eigenvalue weighted by molar-refractivity contribution is -0.156. The summed E-state index contributed by atoms with van der Waals surface area (Å²) in [5.41, 5.74) is 0.969.